The molecule has 4 heteroatoms. The summed E-state index contributed by atoms with van der Waals surface area (Å²) in [6, 6.07) is 0. The molecule has 0 unspecified atom stereocenters. The first-order chi connectivity index (χ1) is 7.31. The predicted octanol–water partition coefficient (Wildman–Crippen LogP) is 0.903. The van der Waals surface area contributed by atoms with Crippen molar-refractivity contribution in [1.29, 1.82) is 0 Å². The Kier molecular flexibility index (Phi) is 11.0. The van der Waals surface area contributed by atoms with Gasteiger partial charge in [-0.3, -0.25) is 0 Å². The van der Waals surface area contributed by atoms with Crippen LogP contribution in [0.1, 0.15) is 25.7 Å². The second-order valence-electron chi connectivity index (χ2n) is 3.79. The minimum Gasteiger partial charge on any atom is -0.320 e. The Hall–Kier alpha value is -0.610. The van der Waals surface area contributed by atoms with Gasteiger partial charge in [-0.15, -0.1) is 0 Å². The molecular weight excluding hydrogens is 188 g/mol. The average Bonchev–Trinajstić information content (AvgIpc) is 2.26. The van der Waals surface area contributed by atoms with Crippen molar-refractivity contribution in [2.45, 2.75) is 25.7 Å². The third-order valence-electron chi connectivity index (χ3n) is 2.36. The minimum atomic E-state index is 0.982. The quantitative estimate of drug-likeness (QED) is 0.305. The van der Waals surface area contributed by atoms with E-state index in [-0.39, 0.29) is 0 Å². The molecule has 0 spiro atoms. The SMILES string of the molecule is C=NN(C)CCCNCCCCCNC. The maximum absolute atomic E-state index is 3.80. The summed E-state index contributed by atoms with van der Waals surface area (Å²) >= 11 is 0. The molecular formula is C11H26N4. The molecule has 0 heterocycles. The van der Waals surface area contributed by atoms with Crippen molar-refractivity contribution in [2.75, 3.05) is 40.3 Å². The molecule has 0 radical (unpaired) electrons. The van der Waals surface area contributed by atoms with Crippen molar-refractivity contribution in [3.63, 3.8) is 0 Å². The van der Waals surface area contributed by atoms with Crippen LogP contribution in [0, 0.1) is 0 Å². The molecule has 2 N–H and O–H groups in total. The standard InChI is InChI=1S/C11H26N4/c1-12-8-5-4-6-9-14-10-7-11-15(3)13-2/h12,14H,2,4-11H2,1,3H3. The van der Waals surface area contributed by atoms with Crippen LogP contribution in [0.5, 0.6) is 0 Å². The third-order valence-corrected chi connectivity index (χ3v) is 2.36. The number of nitrogens with one attached hydrogen (secondary N) is 2. The molecule has 0 atom stereocenters. The molecule has 15 heavy (non-hydrogen) atoms. The maximum Gasteiger partial charge on any atom is 0.0368 e. The Labute approximate surface area is 94.1 Å². The van der Waals surface area contributed by atoms with Crippen LogP contribution in [-0.4, -0.2) is 52.0 Å². The van der Waals surface area contributed by atoms with Crippen LogP contribution in [0.15, 0.2) is 5.10 Å². The maximum atomic E-state index is 3.80. The molecule has 0 fully saturated rings. The smallest absolute Gasteiger partial charge is 0.0368 e. The van der Waals surface area contributed by atoms with Crippen molar-refractivity contribution < 1.29 is 0 Å². The number of unbranched alkanes of at least 4 members (excludes halogenated alkanes) is 2. The Morgan fingerprint density at radius 3 is 2.40 bits per heavy atom. The second-order valence-corrected chi connectivity index (χ2v) is 3.79. The van der Waals surface area contributed by atoms with Gasteiger partial charge >= 0.3 is 0 Å². The van der Waals surface area contributed by atoms with Crippen LogP contribution in [-0.2, 0) is 0 Å². The molecule has 0 aliphatic carbocycles. The summed E-state index contributed by atoms with van der Waals surface area (Å²) in [7, 11) is 3.95. The Balaban J connectivity index is 2.95. The number of hydrogen-bond acceptors (Lipinski definition) is 4. The molecule has 0 saturated carbocycles. The largest absolute Gasteiger partial charge is 0.320 e. The van der Waals surface area contributed by atoms with Crippen LogP contribution in [0.2, 0.25) is 0 Å². The zero-order chi connectivity index (χ0) is 11.4. The molecule has 0 aromatic rings. The number of rotatable bonds is 11. The fraction of sp³-hybridized carbons (Fsp3) is 0.909. The van der Waals surface area contributed by atoms with Crippen LogP contribution < -0.4 is 10.6 Å². The molecule has 90 valence electrons. The lowest BCUT2D eigenvalue weighted by molar-refractivity contribution is 0.348. The van der Waals surface area contributed by atoms with E-state index in [9.17, 15) is 0 Å². The van der Waals surface area contributed by atoms with E-state index < -0.39 is 0 Å². The highest BCUT2D eigenvalue weighted by Gasteiger charge is 1.92. The molecule has 0 bridgehead atoms. The first-order valence-electron chi connectivity index (χ1n) is 5.84. The van der Waals surface area contributed by atoms with Gasteiger partial charge in [0.1, 0.15) is 0 Å². The van der Waals surface area contributed by atoms with Gasteiger partial charge in [0.15, 0.2) is 0 Å². The van der Waals surface area contributed by atoms with Gasteiger partial charge in [-0.1, -0.05) is 6.42 Å². The van der Waals surface area contributed by atoms with Gasteiger partial charge in [-0.2, -0.15) is 5.10 Å². The highest BCUT2D eigenvalue weighted by molar-refractivity contribution is 5.22. The van der Waals surface area contributed by atoms with E-state index in [0.717, 1.165) is 32.6 Å². The Bertz CT molecular complexity index is 139. The summed E-state index contributed by atoms with van der Waals surface area (Å²) in [5, 5.41) is 12.3. The van der Waals surface area contributed by atoms with E-state index in [1.54, 1.807) is 0 Å². The van der Waals surface area contributed by atoms with Gasteiger partial charge in [0, 0.05) is 20.3 Å². The van der Waals surface area contributed by atoms with Crippen molar-refractivity contribution in [2.24, 2.45) is 5.10 Å². The van der Waals surface area contributed by atoms with Gasteiger partial charge in [-0.25, -0.2) is 0 Å². The highest BCUT2D eigenvalue weighted by Crippen LogP contribution is 1.92. The topological polar surface area (TPSA) is 39.7 Å². The first kappa shape index (κ1) is 14.4. The van der Waals surface area contributed by atoms with Crippen molar-refractivity contribution in [1.82, 2.24) is 15.6 Å². The number of nitrogens with zero attached hydrogens (tertiary/aromatic N) is 2. The summed E-state index contributed by atoms with van der Waals surface area (Å²) < 4.78 is 0. The zero-order valence-corrected chi connectivity index (χ0v) is 10.3. The average molecular weight is 214 g/mol. The van der Waals surface area contributed by atoms with E-state index in [1.165, 1.54) is 19.3 Å². The lowest BCUT2D eigenvalue weighted by Crippen LogP contribution is -2.21. The van der Waals surface area contributed by atoms with Gasteiger partial charge < -0.3 is 15.6 Å². The van der Waals surface area contributed by atoms with Gasteiger partial charge in [-0.05, 0) is 45.9 Å². The molecule has 4 nitrogen and oxygen atoms in total. The molecule has 0 aliphatic rings. The summed E-state index contributed by atoms with van der Waals surface area (Å²) in [5.74, 6) is 0. The van der Waals surface area contributed by atoms with E-state index in [4.69, 9.17) is 0 Å². The van der Waals surface area contributed by atoms with Crippen LogP contribution in [0.3, 0.4) is 0 Å². The second kappa shape index (κ2) is 11.5. The molecule has 0 aromatic carbocycles. The molecule has 0 aliphatic heterocycles. The van der Waals surface area contributed by atoms with Crippen LogP contribution >= 0.6 is 0 Å². The van der Waals surface area contributed by atoms with E-state index >= 15 is 0 Å². The van der Waals surface area contributed by atoms with Gasteiger partial charge in [0.25, 0.3) is 0 Å². The predicted molar refractivity (Wildman–Crippen MR) is 67.4 cm³/mol. The lowest BCUT2D eigenvalue weighted by Gasteiger charge is -2.11. The van der Waals surface area contributed by atoms with Gasteiger partial charge in [0.2, 0.25) is 0 Å². The minimum absolute atomic E-state index is 0.982. The van der Waals surface area contributed by atoms with Crippen LogP contribution in [0.4, 0.5) is 0 Å². The molecule has 0 rings (SSSR count). The third kappa shape index (κ3) is 11.3. The Morgan fingerprint density at radius 1 is 1.07 bits per heavy atom. The fourth-order valence-electron chi connectivity index (χ4n) is 1.36. The summed E-state index contributed by atoms with van der Waals surface area (Å²) in [6.07, 6.45) is 4.99. The molecule has 0 saturated heterocycles. The summed E-state index contributed by atoms with van der Waals surface area (Å²) in [5.41, 5.74) is 0. The van der Waals surface area contributed by atoms with Crippen molar-refractivity contribution in [3.05, 3.63) is 0 Å². The fourth-order valence-corrected chi connectivity index (χ4v) is 1.36. The summed E-state index contributed by atoms with van der Waals surface area (Å²) in [4.78, 5) is 0. The van der Waals surface area contributed by atoms with Crippen molar-refractivity contribution in [3.8, 4) is 0 Å². The number of hydrogen-bond donors (Lipinski definition) is 2. The van der Waals surface area contributed by atoms with Crippen LogP contribution in [0.25, 0.3) is 0 Å². The van der Waals surface area contributed by atoms with E-state index in [0.29, 0.717) is 0 Å². The zero-order valence-electron chi connectivity index (χ0n) is 10.3. The Morgan fingerprint density at radius 2 is 1.73 bits per heavy atom. The molecule has 0 aromatic heterocycles. The van der Waals surface area contributed by atoms with Gasteiger partial charge in [0.05, 0.1) is 0 Å². The highest BCUT2D eigenvalue weighted by atomic mass is 15.4. The van der Waals surface area contributed by atoms with E-state index in [1.807, 2.05) is 19.1 Å². The number of hydrazone groups is 1. The monoisotopic (exact) mass is 214 g/mol. The molecule has 0 amide bonds. The van der Waals surface area contributed by atoms with E-state index in [2.05, 4.69) is 22.5 Å². The summed E-state index contributed by atoms with van der Waals surface area (Å²) in [6.45, 7) is 7.79. The lowest BCUT2D eigenvalue weighted by atomic mass is 10.2. The normalized spacial score (nSPS) is 10.3. The van der Waals surface area contributed by atoms with Crippen molar-refractivity contribution >= 4 is 6.72 Å². The first-order valence-corrected chi connectivity index (χ1v) is 5.84.